The van der Waals surface area contributed by atoms with E-state index in [2.05, 4.69) is 5.32 Å². The molecule has 7 heteroatoms. The summed E-state index contributed by atoms with van der Waals surface area (Å²) in [4.78, 5) is 12.9. The van der Waals surface area contributed by atoms with Crippen LogP contribution in [0.1, 0.15) is 37.8 Å². The van der Waals surface area contributed by atoms with Gasteiger partial charge in [-0.05, 0) is 56.4 Å². The molecule has 1 unspecified atom stereocenters. The topological polar surface area (TPSA) is 66.5 Å². The Kier molecular flexibility index (Phi) is 7.22. The highest BCUT2D eigenvalue weighted by Gasteiger charge is 2.34. The minimum atomic E-state index is -3.52. The van der Waals surface area contributed by atoms with Crippen LogP contribution in [0.5, 0.6) is 0 Å². The van der Waals surface area contributed by atoms with Gasteiger partial charge >= 0.3 is 0 Å². The molecule has 0 bridgehead atoms. The SMILES string of the molecule is CC(C)(Cc1ccccc1)NC(=O)C1CCCN(S(=O)(=O)Cc2cccc(Cl)c2)C1. The van der Waals surface area contributed by atoms with Crippen LogP contribution in [0.2, 0.25) is 5.02 Å². The van der Waals surface area contributed by atoms with Crippen molar-refractivity contribution in [3.05, 3.63) is 70.7 Å². The highest BCUT2D eigenvalue weighted by molar-refractivity contribution is 7.88. The number of piperidine rings is 1. The van der Waals surface area contributed by atoms with Gasteiger partial charge in [-0.15, -0.1) is 0 Å². The molecule has 1 aliphatic heterocycles. The number of hydrogen-bond acceptors (Lipinski definition) is 3. The maximum atomic E-state index is 12.9. The van der Waals surface area contributed by atoms with Gasteiger partial charge in [0.25, 0.3) is 0 Å². The Balaban J connectivity index is 1.62. The van der Waals surface area contributed by atoms with E-state index >= 15 is 0 Å². The second-order valence-electron chi connectivity index (χ2n) is 8.62. The molecule has 2 aromatic rings. The zero-order chi connectivity index (χ0) is 21.8. The highest BCUT2D eigenvalue weighted by Crippen LogP contribution is 2.24. The molecule has 1 aliphatic rings. The Hall–Kier alpha value is -1.89. The second-order valence-corrected chi connectivity index (χ2v) is 11.0. The van der Waals surface area contributed by atoms with Gasteiger partial charge in [0.1, 0.15) is 0 Å². The van der Waals surface area contributed by atoms with Crippen LogP contribution in [0, 0.1) is 5.92 Å². The Morgan fingerprint density at radius 1 is 1.13 bits per heavy atom. The minimum Gasteiger partial charge on any atom is -0.351 e. The third kappa shape index (κ3) is 6.30. The Morgan fingerprint density at radius 3 is 2.53 bits per heavy atom. The van der Waals surface area contributed by atoms with E-state index in [9.17, 15) is 13.2 Å². The lowest BCUT2D eigenvalue weighted by atomic mass is 9.92. The van der Waals surface area contributed by atoms with Gasteiger partial charge in [0, 0.05) is 23.7 Å². The first-order valence-corrected chi connectivity index (χ1v) is 12.2. The van der Waals surface area contributed by atoms with Crippen LogP contribution in [0.25, 0.3) is 0 Å². The van der Waals surface area contributed by atoms with Crippen molar-refractivity contribution in [3.8, 4) is 0 Å². The summed E-state index contributed by atoms with van der Waals surface area (Å²) >= 11 is 5.98. The molecule has 30 heavy (non-hydrogen) atoms. The Morgan fingerprint density at radius 2 is 1.83 bits per heavy atom. The summed E-state index contributed by atoms with van der Waals surface area (Å²) in [6.07, 6.45) is 2.07. The number of halogens is 1. The number of amides is 1. The predicted molar refractivity (Wildman–Crippen MR) is 121 cm³/mol. The van der Waals surface area contributed by atoms with Gasteiger partial charge in [0.2, 0.25) is 15.9 Å². The van der Waals surface area contributed by atoms with E-state index in [1.165, 1.54) is 4.31 Å². The van der Waals surface area contributed by atoms with Crippen LogP contribution >= 0.6 is 11.6 Å². The fraction of sp³-hybridized carbons (Fsp3) is 0.435. The molecular formula is C23H29ClN2O3S. The normalized spacial score (nSPS) is 18.2. The lowest BCUT2D eigenvalue weighted by Crippen LogP contribution is -2.51. The van der Waals surface area contributed by atoms with Gasteiger partial charge in [-0.2, -0.15) is 0 Å². The number of rotatable bonds is 7. The largest absolute Gasteiger partial charge is 0.351 e. The molecule has 1 N–H and O–H groups in total. The van der Waals surface area contributed by atoms with E-state index in [1.54, 1.807) is 24.3 Å². The fourth-order valence-corrected chi connectivity index (χ4v) is 5.73. The molecule has 0 aromatic heterocycles. The number of hydrogen-bond donors (Lipinski definition) is 1. The lowest BCUT2D eigenvalue weighted by Gasteiger charge is -2.34. The molecule has 1 saturated heterocycles. The number of nitrogens with zero attached hydrogens (tertiary/aromatic N) is 1. The maximum Gasteiger partial charge on any atom is 0.224 e. The lowest BCUT2D eigenvalue weighted by molar-refractivity contribution is -0.127. The van der Waals surface area contributed by atoms with Crippen molar-refractivity contribution in [2.75, 3.05) is 13.1 Å². The van der Waals surface area contributed by atoms with Crippen LogP contribution in [0.15, 0.2) is 54.6 Å². The average molecular weight is 449 g/mol. The van der Waals surface area contributed by atoms with Crippen molar-refractivity contribution in [3.63, 3.8) is 0 Å². The Bertz CT molecular complexity index is 977. The number of carbonyl (C=O) groups excluding carboxylic acids is 1. The van der Waals surface area contributed by atoms with Crippen molar-refractivity contribution in [1.29, 1.82) is 0 Å². The fourth-order valence-electron chi connectivity index (χ4n) is 3.92. The molecule has 1 amide bonds. The van der Waals surface area contributed by atoms with Crippen LogP contribution < -0.4 is 5.32 Å². The molecule has 1 heterocycles. The number of carbonyl (C=O) groups is 1. The molecule has 3 rings (SSSR count). The van der Waals surface area contributed by atoms with E-state index in [-0.39, 0.29) is 24.1 Å². The molecule has 0 aliphatic carbocycles. The number of benzene rings is 2. The molecule has 1 atom stereocenters. The van der Waals surface area contributed by atoms with Crippen molar-refractivity contribution in [2.24, 2.45) is 5.92 Å². The van der Waals surface area contributed by atoms with Gasteiger partial charge in [-0.25, -0.2) is 12.7 Å². The maximum absolute atomic E-state index is 12.9. The monoisotopic (exact) mass is 448 g/mol. The van der Waals surface area contributed by atoms with Crippen LogP contribution in [-0.2, 0) is 27.0 Å². The van der Waals surface area contributed by atoms with Crippen molar-refractivity contribution in [1.82, 2.24) is 9.62 Å². The minimum absolute atomic E-state index is 0.0846. The molecule has 0 saturated carbocycles. The van der Waals surface area contributed by atoms with Crippen molar-refractivity contribution in [2.45, 2.75) is 44.4 Å². The van der Waals surface area contributed by atoms with E-state index in [0.29, 0.717) is 36.4 Å². The zero-order valence-corrected chi connectivity index (χ0v) is 19.0. The number of sulfonamides is 1. The van der Waals surface area contributed by atoms with Crippen molar-refractivity contribution >= 4 is 27.5 Å². The molecule has 0 spiro atoms. The third-order valence-electron chi connectivity index (χ3n) is 5.34. The summed E-state index contributed by atoms with van der Waals surface area (Å²) in [7, 11) is -3.52. The first-order valence-electron chi connectivity index (χ1n) is 10.2. The van der Waals surface area contributed by atoms with Gasteiger partial charge in [-0.3, -0.25) is 4.79 Å². The summed E-state index contributed by atoms with van der Waals surface area (Å²) in [5.74, 6) is -0.539. The highest BCUT2D eigenvalue weighted by atomic mass is 35.5. The standard InChI is InChI=1S/C23H29ClN2O3S/c1-23(2,15-18-8-4-3-5-9-18)25-22(27)20-11-7-13-26(16-20)30(28,29)17-19-10-6-12-21(24)14-19/h3-6,8-10,12,14,20H,7,11,13,15-17H2,1-2H3,(H,25,27). The first kappa shape index (κ1) is 22.8. The molecule has 2 aromatic carbocycles. The van der Waals surface area contributed by atoms with E-state index in [4.69, 9.17) is 11.6 Å². The van der Waals surface area contributed by atoms with E-state index in [1.807, 2.05) is 44.2 Å². The summed E-state index contributed by atoms with van der Waals surface area (Å²) in [6, 6.07) is 16.9. The van der Waals surface area contributed by atoms with Crippen LogP contribution in [0.4, 0.5) is 0 Å². The summed E-state index contributed by atoms with van der Waals surface area (Å²) in [6.45, 7) is 4.65. The van der Waals surface area contributed by atoms with E-state index < -0.39 is 15.6 Å². The zero-order valence-electron chi connectivity index (χ0n) is 17.5. The van der Waals surface area contributed by atoms with Gasteiger partial charge < -0.3 is 5.32 Å². The number of nitrogens with one attached hydrogen (secondary N) is 1. The first-order chi connectivity index (χ1) is 14.1. The van der Waals surface area contributed by atoms with E-state index in [0.717, 1.165) is 5.56 Å². The van der Waals surface area contributed by atoms with Gasteiger partial charge in [-0.1, -0.05) is 54.1 Å². The molecule has 162 valence electrons. The third-order valence-corrected chi connectivity index (χ3v) is 7.39. The molecular weight excluding hydrogens is 420 g/mol. The molecule has 1 fully saturated rings. The molecule has 0 radical (unpaired) electrons. The Labute approximate surface area is 184 Å². The molecule has 5 nitrogen and oxygen atoms in total. The summed E-state index contributed by atoms with van der Waals surface area (Å²) < 4.78 is 27.3. The van der Waals surface area contributed by atoms with Gasteiger partial charge in [0.05, 0.1) is 11.7 Å². The van der Waals surface area contributed by atoms with Crippen LogP contribution in [-0.4, -0.2) is 37.3 Å². The van der Waals surface area contributed by atoms with Crippen LogP contribution in [0.3, 0.4) is 0 Å². The second kappa shape index (κ2) is 9.50. The van der Waals surface area contributed by atoms with Crippen molar-refractivity contribution < 1.29 is 13.2 Å². The van der Waals surface area contributed by atoms with Gasteiger partial charge in [0.15, 0.2) is 0 Å². The smallest absolute Gasteiger partial charge is 0.224 e. The predicted octanol–water partition coefficient (Wildman–Crippen LogP) is 4.02. The average Bonchev–Trinajstić information content (AvgIpc) is 2.68. The quantitative estimate of drug-likeness (QED) is 0.695. The summed E-state index contributed by atoms with van der Waals surface area (Å²) in [5, 5.41) is 3.64. The summed E-state index contributed by atoms with van der Waals surface area (Å²) in [5.41, 5.74) is 1.38.